The van der Waals surface area contributed by atoms with Gasteiger partial charge < -0.3 is 9.64 Å². The first kappa shape index (κ1) is 16.8. The highest BCUT2D eigenvalue weighted by Gasteiger charge is 2.04. The highest BCUT2D eigenvalue weighted by atomic mass is 16.5. The van der Waals surface area contributed by atoms with Crippen molar-refractivity contribution in [2.75, 3.05) is 20.2 Å². The second-order valence-corrected chi connectivity index (χ2v) is 5.52. The van der Waals surface area contributed by atoms with E-state index in [1.165, 1.54) is 5.56 Å². The van der Waals surface area contributed by atoms with Gasteiger partial charge in [0.25, 0.3) is 0 Å². The lowest BCUT2D eigenvalue weighted by molar-refractivity contribution is -0.124. The van der Waals surface area contributed by atoms with E-state index in [0.717, 1.165) is 17.7 Å². The molecule has 23 heavy (non-hydrogen) atoms. The zero-order chi connectivity index (χ0) is 16.5. The Morgan fingerprint density at radius 3 is 2.48 bits per heavy atom. The van der Waals surface area contributed by atoms with Crippen LogP contribution in [0.1, 0.15) is 17.5 Å². The second kappa shape index (κ2) is 8.79. The lowest BCUT2D eigenvalue weighted by Gasteiger charge is -2.15. The Kier molecular flexibility index (Phi) is 6.42. The summed E-state index contributed by atoms with van der Waals surface area (Å²) in [6.07, 6.45) is 4.26. The number of carbonyl (C=O) groups excluding carboxylic acids is 1. The van der Waals surface area contributed by atoms with Gasteiger partial charge in [-0.2, -0.15) is 0 Å². The number of ether oxygens (including phenoxy) is 1. The first-order chi connectivity index (χ1) is 11.1. The molecule has 120 valence electrons. The molecule has 0 atom stereocenters. The van der Waals surface area contributed by atoms with E-state index >= 15 is 0 Å². The van der Waals surface area contributed by atoms with Gasteiger partial charge in [0.05, 0.1) is 6.61 Å². The van der Waals surface area contributed by atoms with Gasteiger partial charge in [0, 0.05) is 19.7 Å². The van der Waals surface area contributed by atoms with Crippen molar-refractivity contribution < 1.29 is 9.53 Å². The van der Waals surface area contributed by atoms with E-state index in [9.17, 15) is 4.79 Å². The van der Waals surface area contributed by atoms with Crippen molar-refractivity contribution in [1.29, 1.82) is 0 Å². The number of nitrogens with zero attached hydrogens (tertiary/aromatic N) is 1. The molecule has 0 fully saturated rings. The molecule has 0 saturated carbocycles. The fourth-order valence-corrected chi connectivity index (χ4v) is 2.09. The molecule has 2 aromatic carbocycles. The smallest absolute Gasteiger partial charge is 0.246 e. The first-order valence-corrected chi connectivity index (χ1v) is 7.83. The molecule has 0 aliphatic heterocycles. The number of hydrogen-bond donors (Lipinski definition) is 0. The number of para-hydroxylation sites is 1. The van der Waals surface area contributed by atoms with Crippen LogP contribution in [0.4, 0.5) is 0 Å². The van der Waals surface area contributed by atoms with E-state index in [0.29, 0.717) is 13.2 Å². The number of rotatable bonds is 7. The summed E-state index contributed by atoms with van der Waals surface area (Å²) in [5.74, 6) is 0.867. The van der Waals surface area contributed by atoms with E-state index in [-0.39, 0.29) is 5.91 Å². The maximum Gasteiger partial charge on any atom is 0.246 e. The molecular weight excluding hydrogens is 286 g/mol. The maximum atomic E-state index is 12.0. The van der Waals surface area contributed by atoms with Crippen molar-refractivity contribution in [2.45, 2.75) is 13.3 Å². The largest absolute Gasteiger partial charge is 0.494 e. The van der Waals surface area contributed by atoms with Crippen LogP contribution in [0, 0.1) is 6.92 Å². The van der Waals surface area contributed by atoms with Crippen LogP contribution in [0.3, 0.4) is 0 Å². The SMILES string of the molecule is Cc1ccc(/C=C/C(=O)N(C)CCCOc2ccccc2)cc1. The minimum atomic E-state index is 0.00489. The average Bonchev–Trinajstić information content (AvgIpc) is 2.58. The summed E-state index contributed by atoms with van der Waals surface area (Å²) in [7, 11) is 1.81. The minimum absolute atomic E-state index is 0.00489. The zero-order valence-corrected chi connectivity index (χ0v) is 13.7. The quantitative estimate of drug-likeness (QED) is 0.573. The molecule has 2 rings (SSSR count). The number of hydrogen-bond acceptors (Lipinski definition) is 2. The van der Waals surface area contributed by atoms with Gasteiger partial charge in [-0.3, -0.25) is 4.79 Å². The Morgan fingerprint density at radius 1 is 1.09 bits per heavy atom. The fraction of sp³-hybridized carbons (Fsp3) is 0.250. The van der Waals surface area contributed by atoms with Crippen LogP contribution >= 0.6 is 0 Å². The normalized spacial score (nSPS) is 10.7. The van der Waals surface area contributed by atoms with E-state index < -0.39 is 0 Å². The summed E-state index contributed by atoms with van der Waals surface area (Å²) in [5, 5.41) is 0. The molecule has 0 aliphatic carbocycles. The number of amides is 1. The van der Waals surface area contributed by atoms with Crippen LogP contribution in [-0.4, -0.2) is 31.0 Å². The summed E-state index contributed by atoms with van der Waals surface area (Å²) in [6, 6.07) is 17.8. The third-order valence-electron chi connectivity index (χ3n) is 3.52. The van der Waals surface area contributed by atoms with Crippen molar-refractivity contribution in [2.24, 2.45) is 0 Å². The molecule has 0 heterocycles. The van der Waals surface area contributed by atoms with Gasteiger partial charge in [0.1, 0.15) is 5.75 Å². The molecule has 0 unspecified atom stereocenters. The van der Waals surface area contributed by atoms with Gasteiger partial charge in [-0.15, -0.1) is 0 Å². The van der Waals surface area contributed by atoms with Gasteiger partial charge in [0.2, 0.25) is 5.91 Å². The standard InChI is InChI=1S/C20H23NO2/c1-17-9-11-18(12-10-17)13-14-20(22)21(2)15-6-16-23-19-7-4-3-5-8-19/h3-5,7-14H,6,15-16H2,1-2H3/b14-13+. The molecule has 0 bridgehead atoms. The molecule has 0 radical (unpaired) electrons. The van der Waals surface area contributed by atoms with Gasteiger partial charge in [-0.1, -0.05) is 48.0 Å². The van der Waals surface area contributed by atoms with Crippen LogP contribution in [-0.2, 0) is 4.79 Å². The second-order valence-electron chi connectivity index (χ2n) is 5.52. The molecular formula is C20H23NO2. The molecule has 3 nitrogen and oxygen atoms in total. The predicted octanol–water partition coefficient (Wildman–Crippen LogP) is 3.94. The highest BCUT2D eigenvalue weighted by Crippen LogP contribution is 2.09. The average molecular weight is 309 g/mol. The van der Waals surface area contributed by atoms with E-state index in [4.69, 9.17) is 4.74 Å². The lowest BCUT2D eigenvalue weighted by Crippen LogP contribution is -2.26. The van der Waals surface area contributed by atoms with E-state index in [1.54, 1.807) is 11.0 Å². The number of benzene rings is 2. The Bertz CT molecular complexity index is 632. The van der Waals surface area contributed by atoms with Crippen LogP contribution in [0.2, 0.25) is 0 Å². The molecule has 2 aromatic rings. The molecule has 0 aliphatic rings. The molecule has 0 saturated heterocycles. The zero-order valence-electron chi connectivity index (χ0n) is 13.7. The summed E-state index contributed by atoms with van der Waals surface area (Å²) in [4.78, 5) is 13.8. The van der Waals surface area contributed by atoms with Gasteiger partial charge in [0.15, 0.2) is 0 Å². The Labute approximate surface area is 138 Å². The summed E-state index contributed by atoms with van der Waals surface area (Å²) in [5.41, 5.74) is 2.24. The van der Waals surface area contributed by atoms with Gasteiger partial charge in [-0.25, -0.2) is 0 Å². The van der Waals surface area contributed by atoms with Crippen LogP contribution in [0.25, 0.3) is 6.08 Å². The van der Waals surface area contributed by atoms with Crippen molar-refractivity contribution in [3.63, 3.8) is 0 Å². The fourth-order valence-electron chi connectivity index (χ4n) is 2.09. The molecule has 3 heteroatoms. The predicted molar refractivity (Wildman–Crippen MR) is 94.4 cm³/mol. The first-order valence-electron chi connectivity index (χ1n) is 7.83. The Morgan fingerprint density at radius 2 is 1.78 bits per heavy atom. The van der Waals surface area contributed by atoms with Gasteiger partial charge >= 0.3 is 0 Å². The molecule has 0 N–H and O–H groups in total. The maximum absolute atomic E-state index is 12.0. The van der Waals surface area contributed by atoms with Crippen LogP contribution in [0.5, 0.6) is 5.75 Å². The molecule has 0 aromatic heterocycles. The van der Waals surface area contributed by atoms with Crippen LogP contribution < -0.4 is 4.74 Å². The molecule has 0 spiro atoms. The Balaban J connectivity index is 1.71. The summed E-state index contributed by atoms with van der Waals surface area (Å²) >= 11 is 0. The summed E-state index contributed by atoms with van der Waals surface area (Å²) in [6.45, 7) is 3.32. The van der Waals surface area contributed by atoms with Crippen molar-refractivity contribution in [1.82, 2.24) is 4.90 Å². The van der Waals surface area contributed by atoms with E-state index in [1.807, 2.05) is 74.6 Å². The lowest BCUT2D eigenvalue weighted by atomic mass is 10.1. The minimum Gasteiger partial charge on any atom is -0.494 e. The van der Waals surface area contributed by atoms with Crippen molar-refractivity contribution in [3.8, 4) is 5.75 Å². The van der Waals surface area contributed by atoms with Crippen molar-refractivity contribution >= 4 is 12.0 Å². The van der Waals surface area contributed by atoms with Crippen LogP contribution in [0.15, 0.2) is 60.7 Å². The highest BCUT2D eigenvalue weighted by molar-refractivity contribution is 5.91. The third-order valence-corrected chi connectivity index (χ3v) is 3.52. The monoisotopic (exact) mass is 309 g/mol. The number of carbonyl (C=O) groups is 1. The molecule has 1 amide bonds. The summed E-state index contributed by atoms with van der Waals surface area (Å²) < 4.78 is 5.62. The van der Waals surface area contributed by atoms with Crippen molar-refractivity contribution in [3.05, 3.63) is 71.8 Å². The van der Waals surface area contributed by atoms with Gasteiger partial charge in [-0.05, 0) is 37.1 Å². The van der Waals surface area contributed by atoms with E-state index in [2.05, 4.69) is 0 Å². The topological polar surface area (TPSA) is 29.5 Å². The number of likely N-dealkylation sites (N-methyl/N-ethyl adjacent to an activating group) is 1. The number of aryl methyl sites for hydroxylation is 1. The Hall–Kier alpha value is -2.55. The third kappa shape index (κ3) is 5.99.